The average Bonchev–Trinajstić information content (AvgIpc) is 3.37. The van der Waals surface area contributed by atoms with Crippen LogP contribution in [0.1, 0.15) is 64.6 Å². The number of methoxy groups -OCH3 is 1. The van der Waals surface area contributed by atoms with Crippen LogP contribution < -0.4 is 14.8 Å². The summed E-state index contributed by atoms with van der Waals surface area (Å²) in [7, 11) is 3.63. The van der Waals surface area contributed by atoms with Gasteiger partial charge in [0.05, 0.1) is 37.3 Å². The lowest BCUT2D eigenvalue weighted by Gasteiger charge is -2.23. The largest absolute Gasteiger partial charge is 0.494 e. The number of hydrogen-bond donors (Lipinski definition) is 1. The third-order valence-corrected chi connectivity index (χ3v) is 6.49. The van der Waals surface area contributed by atoms with Gasteiger partial charge in [-0.15, -0.1) is 0 Å². The molecule has 0 radical (unpaired) electrons. The van der Waals surface area contributed by atoms with Crippen molar-refractivity contribution < 1.29 is 14.3 Å². The monoisotopic (exact) mass is 482 g/mol. The molecule has 3 heterocycles. The van der Waals surface area contributed by atoms with Crippen molar-refractivity contribution in [3.8, 4) is 22.9 Å². The highest BCUT2D eigenvalue weighted by Crippen LogP contribution is 2.33. The minimum absolute atomic E-state index is 0.176. The van der Waals surface area contributed by atoms with Gasteiger partial charge >= 0.3 is 0 Å². The summed E-state index contributed by atoms with van der Waals surface area (Å²) in [6, 6.07) is 2.33. The van der Waals surface area contributed by atoms with Crippen molar-refractivity contribution in [2.45, 2.75) is 65.0 Å². The van der Waals surface area contributed by atoms with Gasteiger partial charge in [0.2, 0.25) is 12.1 Å². The Hall–Kier alpha value is -3.20. The molecule has 0 fully saturated rings. The van der Waals surface area contributed by atoms with Gasteiger partial charge < -0.3 is 24.1 Å². The molecule has 0 aliphatic heterocycles. The summed E-state index contributed by atoms with van der Waals surface area (Å²) >= 11 is 0. The van der Waals surface area contributed by atoms with Crippen molar-refractivity contribution in [3.05, 3.63) is 36.5 Å². The highest BCUT2D eigenvalue weighted by atomic mass is 16.5. The molecular weight excluding hydrogens is 444 g/mol. The van der Waals surface area contributed by atoms with Gasteiger partial charge in [-0.25, -0.2) is 9.97 Å². The Labute approximate surface area is 207 Å². The number of amides is 1. The Balaban J connectivity index is 1.81. The lowest BCUT2D eigenvalue weighted by atomic mass is 10.1. The number of nitrogens with one attached hydrogen (secondary N) is 1. The van der Waals surface area contributed by atoms with E-state index >= 15 is 0 Å². The number of hydrogen-bond acceptors (Lipinski definition) is 7. The maximum absolute atomic E-state index is 11.5. The Bertz CT molecular complexity index is 1080. The summed E-state index contributed by atoms with van der Waals surface area (Å²) in [5.41, 5.74) is 2.91. The van der Waals surface area contributed by atoms with Crippen LogP contribution in [-0.2, 0) is 4.79 Å². The fraction of sp³-hybridized carbons (Fsp3) is 0.538. The predicted octanol–water partition coefficient (Wildman–Crippen LogP) is 4.28. The summed E-state index contributed by atoms with van der Waals surface area (Å²) in [4.78, 5) is 26.9. The Kier molecular flexibility index (Phi) is 9.84. The smallest absolute Gasteiger partial charge is 0.258 e. The molecule has 3 rings (SSSR count). The molecule has 3 aromatic rings. The number of imidazole rings is 1. The van der Waals surface area contributed by atoms with E-state index in [0.29, 0.717) is 42.2 Å². The van der Waals surface area contributed by atoms with Crippen LogP contribution in [0.4, 0.5) is 0 Å². The zero-order valence-electron chi connectivity index (χ0n) is 21.5. The highest BCUT2D eigenvalue weighted by molar-refractivity contribution is 5.69. The first-order valence-electron chi connectivity index (χ1n) is 12.4. The van der Waals surface area contributed by atoms with Crippen LogP contribution in [-0.4, -0.2) is 64.0 Å². The number of ether oxygens (including phenoxy) is 2. The van der Waals surface area contributed by atoms with E-state index in [9.17, 15) is 4.79 Å². The second-order valence-corrected chi connectivity index (χ2v) is 8.60. The maximum Gasteiger partial charge on any atom is 0.258 e. The molecule has 9 nitrogen and oxygen atoms in total. The SMILES string of the molecule is CCC(CCCCCOc1nc(-c2cc([C@@H](C)N(C=O)CC)ncc2OC)cn2ccnc12)NC. The highest BCUT2D eigenvalue weighted by Gasteiger charge is 2.19. The van der Waals surface area contributed by atoms with E-state index in [1.165, 1.54) is 12.8 Å². The molecule has 0 spiro atoms. The number of carbonyl (C=O) groups excluding carboxylic acids is 1. The van der Waals surface area contributed by atoms with Gasteiger partial charge in [-0.2, -0.15) is 0 Å². The van der Waals surface area contributed by atoms with Crippen LogP contribution in [0.15, 0.2) is 30.9 Å². The van der Waals surface area contributed by atoms with E-state index in [1.54, 1.807) is 24.4 Å². The van der Waals surface area contributed by atoms with Crippen LogP contribution in [0.2, 0.25) is 0 Å². The Morgan fingerprint density at radius 1 is 1.23 bits per heavy atom. The van der Waals surface area contributed by atoms with Crippen LogP contribution in [0.3, 0.4) is 0 Å². The van der Waals surface area contributed by atoms with Gasteiger partial charge in [-0.05, 0) is 46.2 Å². The molecule has 9 heteroatoms. The molecule has 35 heavy (non-hydrogen) atoms. The summed E-state index contributed by atoms with van der Waals surface area (Å²) in [6.07, 6.45) is 13.6. The second kappa shape index (κ2) is 13.0. The summed E-state index contributed by atoms with van der Waals surface area (Å²) < 4.78 is 13.6. The molecule has 190 valence electrons. The van der Waals surface area contributed by atoms with Crippen LogP contribution in [0, 0.1) is 0 Å². The second-order valence-electron chi connectivity index (χ2n) is 8.60. The molecular formula is C26H38N6O3. The first kappa shape index (κ1) is 26.4. The van der Waals surface area contributed by atoms with Crippen LogP contribution >= 0.6 is 0 Å². The van der Waals surface area contributed by atoms with Crippen LogP contribution in [0.25, 0.3) is 16.9 Å². The van der Waals surface area contributed by atoms with E-state index in [0.717, 1.165) is 36.9 Å². The lowest BCUT2D eigenvalue weighted by molar-refractivity contribution is -0.119. The summed E-state index contributed by atoms with van der Waals surface area (Å²) in [5, 5.41) is 3.35. The number of aromatic nitrogens is 4. The molecule has 1 unspecified atom stereocenters. The average molecular weight is 483 g/mol. The van der Waals surface area contributed by atoms with Crippen molar-refractivity contribution in [1.29, 1.82) is 0 Å². The van der Waals surface area contributed by atoms with Gasteiger partial charge in [0.25, 0.3) is 5.88 Å². The number of nitrogens with zero attached hydrogens (tertiary/aromatic N) is 5. The Morgan fingerprint density at radius 3 is 2.74 bits per heavy atom. The molecule has 2 atom stereocenters. The van der Waals surface area contributed by atoms with E-state index in [4.69, 9.17) is 14.5 Å². The normalized spacial score (nSPS) is 12.9. The number of rotatable bonds is 15. The third kappa shape index (κ3) is 6.48. The first-order valence-corrected chi connectivity index (χ1v) is 12.4. The number of carbonyl (C=O) groups is 1. The third-order valence-electron chi connectivity index (χ3n) is 6.49. The molecule has 0 saturated carbocycles. The lowest BCUT2D eigenvalue weighted by Crippen LogP contribution is -2.25. The van der Waals surface area contributed by atoms with Gasteiger partial charge in [-0.3, -0.25) is 9.78 Å². The predicted molar refractivity (Wildman–Crippen MR) is 137 cm³/mol. The van der Waals surface area contributed by atoms with Crippen molar-refractivity contribution in [3.63, 3.8) is 0 Å². The zero-order valence-corrected chi connectivity index (χ0v) is 21.5. The zero-order chi connectivity index (χ0) is 25.2. The molecule has 0 aromatic carbocycles. The van der Waals surface area contributed by atoms with Crippen molar-refractivity contribution >= 4 is 12.1 Å². The molecule has 0 saturated heterocycles. The molecule has 1 amide bonds. The van der Waals surface area contributed by atoms with Crippen molar-refractivity contribution in [2.75, 3.05) is 27.3 Å². The van der Waals surface area contributed by atoms with E-state index < -0.39 is 0 Å². The van der Waals surface area contributed by atoms with Gasteiger partial charge in [0.15, 0.2) is 0 Å². The molecule has 0 bridgehead atoms. The standard InChI is InChI=1S/C26H38N6O3/c1-6-20(27-4)11-9-8-10-14-35-26-25-28-12-13-32(25)17-23(30-26)21-15-22(29-16-24(21)34-5)19(3)31(7-2)18-33/h12-13,15-20,27H,6-11,14H2,1-5H3/t19-,20?/m1/s1. The first-order chi connectivity index (χ1) is 17.1. The minimum atomic E-state index is -0.176. The quantitative estimate of drug-likeness (QED) is 0.255. The van der Waals surface area contributed by atoms with Gasteiger partial charge in [-0.1, -0.05) is 19.8 Å². The van der Waals surface area contributed by atoms with Crippen molar-refractivity contribution in [2.24, 2.45) is 0 Å². The van der Waals surface area contributed by atoms with Gasteiger partial charge in [0, 0.05) is 36.7 Å². The molecule has 3 aromatic heterocycles. The van der Waals surface area contributed by atoms with Crippen LogP contribution in [0.5, 0.6) is 11.6 Å². The van der Waals surface area contributed by atoms with E-state index in [-0.39, 0.29) is 6.04 Å². The number of fused-ring (bicyclic) bond motifs is 1. The number of pyridine rings is 1. The Morgan fingerprint density at radius 2 is 2.06 bits per heavy atom. The maximum atomic E-state index is 11.5. The summed E-state index contributed by atoms with van der Waals surface area (Å²) in [5.74, 6) is 1.09. The minimum Gasteiger partial charge on any atom is -0.494 e. The molecule has 1 N–H and O–H groups in total. The van der Waals surface area contributed by atoms with Gasteiger partial charge in [0.1, 0.15) is 5.75 Å². The fourth-order valence-corrected chi connectivity index (χ4v) is 4.18. The topological polar surface area (TPSA) is 93.9 Å². The van der Waals surface area contributed by atoms with Crippen molar-refractivity contribution in [1.82, 2.24) is 29.6 Å². The molecule has 0 aliphatic carbocycles. The number of unbranched alkanes of at least 4 members (excludes halogenated alkanes) is 2. The van der Waals surface area contributed by atoms with E-state index in [2.05, 4.69) is 22.2 Å². The van der Waals surface area contributed by atoms with E-state index in [1.807, 2.05) is 43.8 Å². The fourth-order valence-electron chi connectivity index (χ4n) is 4.18. The molecule has 0 aliphatic rings. The summed E-state index contributed by atoms with van der Waals surface area (Å²) in [6.45, 7) is 7.28.